The fraction of sp³-hybridized carbons (Fsp3) is 0.364. The van der Waals surface area contributed by atoms with Crippen LogP contribution in [0, 0.1) is 13.8 Å². The molecule has 2 aromatic heterocycles. The summed E-state index contributed by atoms with van der Waals surface area (Å²) in [5.74, 6) is 0.895. The maximum absolute atomic E-state index is 4.90. The number of para-hydroxylation sites is 1. The van der Waals surface area contributed by atoms with Crippen LogP contribution in [0.1, 0.15) is 29.6 Å². The van der Waals surface area contributed by atoms with E-state index in [4.69, 9.17) is 4.99 Å². The summed E-state index contributed by atoms with van der Waals surface area (Å²) in [5.41, 5.74) is 5.62. The van der Waals surface area contributed by atoms with E-state index in [0.29, 0.717) is 6.54 Å². The second-order valence-electron chi connectivity index (χ2n) is 7.10. The van der Waals surface area contributed by atoms with Crippen LogP contribution in [0.3, 0.4) is 0 Å². The first kappa shape index (κ1) is 19.7. The first-order valence-corrected chi connectivity index (χ1v) is 9.70. The van der Waals surface area contributed by atoms with Crippen LogP contribution in [0.5, 0.6) is 0 Å². The molecule has 0 spiro atoms. The molecule has 0 fully saturated rings. The molecule has 1 aromatic carbocycles. The fourth-order valence-corrected chi connectivity index (χ4v) is 3.33. The van der Waals surface area contributed by atoms with Crippen molar-refractivity contribution in [3.8, 4) is 5.69 Å². The monoisotopic (exact) mass is 378 g/mol. The van der Waals surface area contributed by atoms with Crippen molar-refractivity contribution in [3.63, 3.8) is 0 Å². The van der Waals surface area contributed by atoms with E-state index in [9.17, 15) is 0 Å². The molecule has 3 aromatic rings. The van der Waals surface area contributed by atoms with Gasteiger partial charge in [0.25, 0.3) is 0 Å². The van der Waals surface area contributed by atoms with Crippen molar-refractivity contribution >= 4 is 5.96 Å². The Bertz CT molecular complexity index is 950. The fourth-order valence-electron chi connectivity index (χ4n) is 3.33. The summed E-state index contributed by atoms with van der Waals surface area (Å²) in [6, 6.07) is 14.6. The normalized spacial score (nSPS) is 11.7. The van der Waals surface area contributed by atoms with Crippen molar-refractivity contribution in [2.75, 3.05) is 13.6 Å². The van der Waals surface area contributed by atoms with Crippen LogP contribution in [-0.4, -0.2) is 38.8 Å². The Balaban J connectivity index is 1.84. The number of benzene rings is 1. The molecule has 0 saturated heterocycles. The van der Waals surface area contributed by atoms with Gasteiger partial charge in [0.1, 0.15) is 0 Å². The van der Waals surface area contributed by atoms with E-state index in [0.717, 1.165) is 41.7 Å². The number of guanidine groups is 1. The summed E-state index contributed by atoms with van der Waals surface area (Å²) in [5, 5.41) is 8.04. The molecule has 0 amide bonds. The van der Waals surface area contributed by atoms with Gasteiger partial charge in [0.2, 0.25) is 0 Å². The molecule has 0 saturated carbocycles. The van der Waals surface area contributed by atoms with Crippen molar-refractivity contribution in [1.29, 1.82) is 0 Å². The van der Waals surface area contributed by atoms with E-state index in [1.165, 1.54) is 5.69 Å². The minimum atomic E-state index is 0.592. The Kier molecular flexibility index (Phi) is 6.19. The van der Waals surface area contributed by atoms with E-state index in [1.807, 2.05) is 17.7 Å². The van der Waals surface area contributed by atoms with Crippen LogP contribution in [0.25, 0.3) is 5.69 Å². The van der Waals surface area contributed by atoms with Gasteiger partial charge >= 0.3 is 0 Å². The van der Waals surface area contributed by atoms with Gasteiger partial charge in [-0.25, -0.2) is 9.67 Å². The van der Waals surface area contributed by atoms with E-state index in [-0.39, 0.29) is 0 Å². The Hall–Kier alpha value is -3.02. The smallest absolute Gasteiger partial charge is 0.194 e. The van der Waals surface area contributed by atoms with E-state index >= 15 is 0 Å². The first-order valence-electron chi connectivity index (χ1n) is 9.70. The average molecular weight is 379 g/mol. The van der Waals surface area contributed by atoms with E-state index in [2.05, 4.69) is 90.4 Å². The van der Waals surface area contributed by atoms with Crippen LogP contribution in [0.2, 0.25) is 0 Å². The third-order valence-corrected chi connectivity index (χ3v) is 4.78. The van der Waals surface area contributed by atoms with Gasteiger partial charge in [-0.15, -0.1) is 0 Å². The minimum Gasteiger partial charge on any atom is -0.357 e. The first-order chi connectivity index (χ1) is 13.5. The van der Waals surface area contributed by atoms with Crippen molar-refractivity contribution in [3.05, 3.63) is 71.3 Å². The second-order valence-corrected chi connectivity index (χ2v) is 7.10. The van der Waals surface area contributed by atoms with Crippen molar-refractivity contribution in [2.24, 2.45) is 12.0 Å². The van der Waals surface area contributed by atoms with Gasteiger partial charge in [0.05, 0.1) is 24.5 Å². The Labute approximate surface area is 167 Å². The number of rotatable bonds is 6. The number of nitrogens with zero attached hydrogens (tertiary/aromatic N) is 5. The second kappa shape index (κ2) is 8.78. The van der Waals surface area contributed by atoms with Crippen LogP contribution in [-0.2, 0) is 20.1 Å². The molecule has 6 nitrogen and oxygen atoms in total. The summed E-state index contributed by atoms with van der Waals surface area (Å²) in [6.07, 6.45) is 2.07. The maximum Gasteiger partial charge on any atom is 0.194 e. The van der Waals surface area contributed by atoms with Gasteiger partial charge in [-0.3, -0.25) is 0 Å². The zero-order chi connectivity index (χ0) is 20.1. The van der Waals surface area contributed by atoms with E-state index in [1.54, 1.807) is 0 Å². The highest BCUT2D eigenvalue weighted by Crippen LogP contribution is 2.18. The lowest BCUT2D eigenvalue weighted by Gasteiger charge is -2.22. The molecule has 0 aliphatic carbocycles. The van der Waals surface area contributed by atoms with Gasteiger partial charge in [-0.05, 0) is 50.6 Å². The number of aliphatic imine (C=N–C) groups is 1. The highest BCUT2D eigenvalue weighted by molar-refractivity contribution is 5.79. The topological polar surface area (TPSA) is 50.4 Å². The number of aryl methyl sites for hydroxylation is 3. The van der Waals surface area contributed by atoms with Gasteiger partial charge in [0, 0.05) is 38.2 Å². The quantitative estimate of drug-likeness (QED) is 0.528. The highest BCUT2D eigenvalue weighted by atomic mass is 15.3. The predicted octanol–water partition coefficient (Wildman–Crippen LogP) is 3.43. The molecule has 0 bridgehead atoms. The number of hydrogen-bond donors (Lipinski definition) is 1. The average Bonchev–Trinajstić information content (AvgIpc) is 3.23. The predicted molar refractivity (Wildman–Crippen MR) is 115 cm³/mol. The third kappa shape index (κ3) is 4.44. The third-order valence-electron chi connectivity index (χ3n) is 4.78. The number of aromatic nitrogens is 3. The van der Waals surface area contributed by atoms with Crippen molar-refractivity contribution in [1.82, 2.24) is 24.6 Å². The summed E-state index contributed by atoms with van der Waals surface area (Å²) in [6.45, 7) is 8.41. The van der Waals surface area contributed by atoms with Crippen LogP contribution in [0.4, 0.5) is 0 Å². The SMILES string of the molecule is CCNC(=NCc1ccccc1-n1nc(C)cc1C)N(C)Cc1cccn1C. The molecule has 0 aliphatic rings. The molecule has 28 heavy (non-hydrogen) atoms. The molecule has 0 radical (unpaired) electrons. The lowest BCUT2D eigenvalue weighted by atomic mass is 10.2. The van der Waals surface area contributed by atoms with Gasteiger partial charge in [-0.2, -0.15) is 5.10 Å². The van der Waals surface area contributed by atoms with Crippen molar-refractivity contribution < 1.29 is 0 Å². The highest BCUT2D eigenvalue weighted by Gasteiger charge is 2.11. The minimum absolute atomic E-state index is 0.592. The standard InChI is InChI=1S/C22H30N6/c1-6-23-22(27(5)16-20-11-9-13-26(20)4)24-15-19-10-7-8-12-21(19)28-18(3)14-17(2)25-28/h7-14H,6,15-16H2,1-5H3,(H,23,24). The summed E-state index contributed by atoms with van der Waals surface area (Å²) < 4.78 is 4.14. The van der Waals surface area contributed by atoms with Gasteiger partial charge in [0.15, 0.2) is 5.96 Å². The zero-order valence-corrected chi connectivity index (χ0v) is 17.5. The van der Waals surface area contributed by atoms with Gasteiger partial charge in [-0.1, -0.05) is 18.2 Å². The summed E-state index contributed by atoms with van der Waals surface area (Å²) in [4.78, 5) is 7.06. The molecule has 3 rings (SSSR count). The largest absolute Gasteiger partial charge is 0.357 e. The molecule has 2 heterocycles. The van der Waals surface area contributed by atoms with Crippen molar-refractivity contribution in [2.45, 2.75) is 33.9 Å². The number of nitrogens with one attached hydrogen (secondary N) is 1. The molecular weight excluding hydrogens is 348 g/mol. The molecular formula is C22H30N6. The van der Waals surface area contributed by atoms with Crippen LogP contribution >= 0.6 is 0 Å². The van der Waals surface area contributed by atoms with Crippen LogP contribution in [0.15, 0.2) is 53.7 Å². The summed E-state index contributed by atoms with van der Waals surface area (Å²) in [7, 11) is 4.14. The Morgan fingerprint density at radius 1 is 1.18 bits per heavy atom. The number of hydrogen-bond acceptors (Lipinski definition) is 2. The maximum atomic E-state index is 4.90. The molecule has 1 N–H and O–H groups in total. The zero-order valence-electron chi connectivity index (χ0n) is 17.5. The lowest BCUT2D eigenvalue weighted by molar-refractivity contribution is 0.462. The van der Waals surface area contributed by atoms with Gasteiger partial charge < -0.3 is 14.8 Å². The molecule has 6 heteroatoms. The molecule has 0 unspecified atom stereocenters. The summed E-state index contributed by atoms with van der Waals surface area (Å²) >= 11 is 0. The Morgan fingerprint density at radius 2 is 1.96 bits per heavy atom. The van der Waals surface area contributed by atoms with Crippen LogP contribution < -0.4 is 5.32 Å². The van der Waals surface area contributed by atoms with E-state index < -0.39 is 0 Å². The molecule has 0 atom stereocenters. The lowest BCUT2D eigenvalue weighted by Crippen LogP contribution is -2.38. The molecule has 0 aliphatic heterocycles. The Morgan fingerprint density at radius 3 is 2.61 bits per heavy atom. The molecule has 148 valence electrons.